The molecule has 1 aromatic carbocycles. The summed E-state index contributed by atoms with van der Waals surface area (Å²) in [6.45, 7) is 2.49. The van der Waals surface area contributed by atoms with Gasteiger partial charge in [-0.3, -0.25) is 0 Å². The van der Waals surface area contributed by atoms with Gasteiger partial charge in [0.05, 0.1) is 22.5 Å². The fraction of sp³-hybridized carbons (Fsp3) is 0.267. The van der Waals surface area contributed by atoms with Crippen LogP contribution in [0.4, 0.5) is 4.39 Å². The molecule has 5 nitrogen and oxygen atoms in total. The van der Waals surface area contributed by atoms with Crippen LogP contribution in [0.2, 0.25) is 5.02 Å². The number of fused-ring (bicyclic) bond motifs is 1. The molecule has 0 fully saturated rings. The molecular weight excluding hydrogens is 389 g/mol. The van der Waals surface area contributed by atoms with Gasteiger partial charge in [0.2, 0.25) is 11.8 Å². The van der Waals surface area contributed by atoms with E-state index in [1.54, 1.807) is 0 Å². The molecule has 120 valence electrons. The van der Waals surface area contributed by atoms with Crippen LogP contribution in [0.3, 0.4) is 0 Å². The molecule has 0 N–H and O–H groups in total. The zero-order chi connectivity index (χ0) is 16.4. The van der Waals surface area contributed by atoms with Gasteiger partial charge in [0, 0.05) is 0 Å². The van der Waals surface area contributed by atoms with Gasteiger partial charge in [-0.05, 0) is 24.6 Å². The predicted octanol–water partition coefficient (Wildman–Crippen LogP) is 4.76. The number of hydrogen-bond donors (Lipinski definition) is 0. The van der Waals surface area contributed by atoms with Gasteiger partial charge in [0.1, 0.15) is 11.6 Å². The highest BCUT2D eigenvalue weighted by molar-refractivity contribution is 9.08. The SMILES string of the molecule is CCCOc1nc(CBr)nc2oc(-c3cc(F)ccc3Cl)nc12. The topological polar surface area (TPSA) is 61.0 Å². The number of oxazole rings is 1. The lowest BCUT2D eigenvalue weighted by Gasteiger charge is -2.04. The van der Waals surface area contributed by atoms with Crippen molar-refractivity contribution in [2.75, 3.05) is 6.61 Å². The Bertz CT molecular complexity index is 856. The third-order valence-corrected chi connectivity index (χ3v) is 3.83. The van der Waals surface area contributed by atoms with E-state index in [2.05, 4.69) is 30.9 Å². The molecule has 3 rings (SSSR count). The van der Waals surface area contributed by atoms with Crippen LogP contribution in [0, 0.1) is 5.82 Å². The van der Waals surface area contributed by atoms with Crippen LogP contribution < -0.4 is 4.74 Å². The lowest BCUT2D eigenvalue weighted by atomic mass is 10.2. The summed E-state index contributed by atoms with van der Waals surface area (Å²) in [4.78, 5) is 12.9. The van der Waals surface area contributed by atoms with Crippen molar-refractivity contribution in [1.29, 1.82) is 0 Å². The number of ether oxygens (including phenoxy) is 1. The zero-order valence-corrected chi connectivity index (χ0v) is 14.5. The summed E-state index contributed by atoms with van der Waals surface area (Å²) in [5.74, 6) is 0.596. The Labute approximate surface area is 145 Å². The van der Waals surface area contributed by atoms with Gasteiger partial charge >= 0.3 is 0 Å². The van der Waals surface area contributed by atoms with Gasteiger partial charge < -0.3 is 9.15 Å². The Kier molecular flexibility index (Phi) is 4.77. The number of hydrogen-bond acceptors (Lipinski definition) is 5. The van der Waals surface area contributed by atoms with Gasteiger partial charge in [-0.2, -0.15) is 9.97 Å². The summed E-state index contributed by atoms with van der Waals surface area (Å²) in [6, 6.07) is 3.98. The fourth-order valence-corrected chi connectivity index (χ4v) is 2.42. The van der Waals surface area contributed by atoms with Gasteiger partial charge in [-0.25, -0.2) is 9.37 Å². The molecular formula is C15H12BrClFN3O2. The molecule has 0 aliphatic heterocycles. The number of nitrogens with zero attached hydrogens (tertiary/aromatic N) is 3. The van der Waals surface area contributed by atoms with E-state index in [-0.39, 0.29) is 11.6 Å². The maximum atomic E-state index is 13.5. The van der Waals surface area contributed by atoms with Crippen molar-refractivity contribution in [3.8, 4) is 17.3 Å². The minimum absolute atomic E-state index is 0.173. The second-order valence-corrected chi connectivity index (χ2v) is 5.69. The largest absolute Gasteiger partial charge is 0.476 e. The molecule has 0 spiro atoms. The smallest absolute Gasteiger partial charge is 0.254 e. The first kappa shape index (κ1) is 16.1. The van der Waals surface area contributed by atoms with E-state index < -0.39 is 5.82 Å². The van der Waals surface area contributed by atoms with E-state index >= 15 is 0 Å². The van der Waals surface area contributed by atoms with Crippen LogP contribution in [0.5, 0.6) is 5.88 Å². The molecule has 0 amide bonds. The van der Waals surface area contributed by atoms with Crippen LogP contribution in [-0.4, -0.2) is 21.6 Å². The summed E-state index contributed by atoms with van der Waals surface area (Å²) in [6.07, 6.45) is 0.829. The molecule has 2 aromatic heterocycles. The molecule has 0 atom stereocenters. The van der Waals surface area contributed by atoms with Crippen molar-refractivity contribution >= 4 is 38.8 Å². The molecule has 8 heteroatoms. The third-order valence-electron chi connectivity index (χ3n) is 2.99. The van der Waals surface area contributed by atoms with Gasteiger partial charge in [0.15, 0.2) is 5.52 Å². The Morgan fingerprint density at radius 1 is 1.30 bits per heavy atom. The van der Waals surface area contributed by atoms with E-state index in [1.807, 2.05) is 6.92 Å². The van der Waals surface area contributed by atoms with Crippen LogP contribution in [0.1, 0.15) is 19.2 Å². The highest BCUT2D eigenvalue weighted by Crippen LogP contribution is 2.32. The molecule has 3 aromatic rings. The van der Waals surface area contributed by atoms with Gasteiger partial charge in [-0.1, -0.05) is 34.5 Å². The molecule has 0 aliphatic rings. The van der Waals surface area contributed by atoms with Gasteiger partial charge in [0.25, 0.3) is 5.71 Å². The van der Waals surface area contributed by atoms with Crippen LogP contribution in [0.25, 0.3) is 22.7 Å². The summed E-state index contributed by atoms with van der Waals surface area (Å²) in [7, 11) is 0. The van der Waals surface area contributed by atoms with E-state index in [1.165, 1.54) is 18.2 Å². The highest BCUT2D eigenvalue weighted by Gasteiger charge is 2.19. The molecule has 0 bridgehead atoms. The first-order valence-electron chi connectivity index (χ1n) is 6.94. The number of alkyl halides is 1. The molecule has 23 heavy (non-hydrogen) atoms. The highest BCUT2D eigenvalue weighted by atomic mass is 79.9. The van der Waals surface area contributed by atoms with E-state index in [4.69, 9.17) is 20.8 Å². The molecule has 0 aliphatic carbocycles. The van der Waals surface area contributed by atoms with Crippen molar-refractivity contribution in [2.45, 2.75) is 18.7 Å². The van der Waals surface area contributed by atoms with E-state index in [0.717, 1.165) is 6.42 Å². The molecule has 0 radical (unpaired) electrons. The number of halogens is 3. The second-order valence-electron chi connectivity index (χ2n) is 4.72. The van der Waals surface area contributed by atoms with Crippen molar-refractivity contribution in [2.24, 2.45) is 0 Å². The Morgan fingerprint density at radius 3 is 2.87 bits per heavy atom. The fourth-order valence-electron chi connectivity index (χ4n) is 1.98. The Morgan fingerprint density at radius 2 is 2.13 bits per heavy atom. The minimum atomic E-state index is -0.429. The number of aromatic nitrogens is 3. The first-order chi connectivity index (χ1) is 11.1. The minimum Gasteiger partial charge on any atom is -0.476 e. The second kappa shape index (κ2) is 6.80. The molecule has 0 saturated carbocycles. The maximum absolute atomic E-state index is 13.5. The van der Waals surface area contributed by atoms with Crippen LogP contribution in [-0.2, 0) is 5.33 Å². The van der Waals surface area contributed by atoms with Crippen molar-refractivity contribution in [1.82, 2.24) is 15.0 Å². The van der Waals surface area contributed by atoms with E-state index in [0.29, 0.717) is 39.7 Å². The average Bonchev–Trinajstić information content (AvgIpc) is 2.98. The predicted molar refractivity (Wildman–Crippen MR) is 88.4 cm³/mol. The molecule has 2 heterocycles. The lowest BCUT2D eigenvalue weighted by molar-refractivity contribution is 0.307. The standard InChI is InChI=1S/C15H12BrClFN3O2/c1-2-5-22-14-12-15(20-11(7-16)19-14)23-13(21-12)9-6-8(18)3-4-10(9)17/h3-4,6H,2,5,7H2,1H3. The van der Waals surface area contributed by atoms with Gasteiger partial charge in [-0.15, -0.1) is 0 Å². The summed E-state index contributed by atoms with van der Waals surface area (Å²) in [5.41, 5.74) is 1.01. The Hall–Kier alpha value is -1.73. The zero-order valence-electron chi connectivity index (χ0n) is 12.1. The van der Waals surface area contributed by atoms with Crippen LogP contribution >= 0.6 is 27.5 Å². The monoisotopic (exact) mass is 399 g/mol. The third kappa shape index (κ3) is 3.30. The normalized spacial score (nSPS) is 11.1. The van der Waals surface area contributed by atoms with Crippen molar-refractivity contribution < 1.29 is 13.5 Å². The van der Waals surface area contributed by atoms with Crippen LogP contribution in [0.15, 0.2) is 22.6 Å². The lowest BCUT2D eigenvalue weighted by Crippen LogP contribution is -2.01. The van der Waals surface area contributed by atoms with Crippen molar-refractivity contribution in [3.05, 3.63) is 34.9 Å². The first-order valence-corrected chi connectivity index (χ1v) is 8.44. The summed E-state index contributed by atoms with van der Waals surface area (Å²) >= 11 is 9.40. The number of benzene rings is 1. The quantitative estimate of drug-likeness (QED) is 0.578. The summed E-state index contributed by atoms with van der Waals surface area (Å²) in [5, 5.41) is 0.782. The molecule has 0 unspecified atom stereocenters. The average molecular weight is 401 g/mol. The maximum Gasteiger partial charge on any atom is 0.254 e. The Balaban J connectivity index is 2.15. The van der Waals surface area contributed by atoms with E-state index in [9.17, 15) is 4.39 Å². The molecule has 0 saturated heterocycles. The van der Waals surface area contributed by atoms with Crippen molar-refractivity contribution in [3.63, 3.8) is 0 Å². The number of rotatable bonds is 5. The summed E-state index contributed by atoms with van der Waals surface area (Å²) < 4.78 is 24.7.